The highest BCUT2D eigenvalue weighted by Crippen LogP contribution is 2.27. The second-order valence-electron chi connectivity index (χ2n) is 9.85. The van der Waals surface area contributed by atoms with Crippen LogP contribution in [-0.4, -0.2) is 75.8 Å². The molecule has 11 heteroatoms. The number of esters is 1. The van der Waals surface area contributed by atoms with Crippen LogP contribution in [0, 0.1) is 5.82 Å². The minimum atomic E-state index is -0.643. The largest absolute Gasteiger partial charge is 0.464 e. The summed E-state index contributed by atoms with van der Waals surface area (Å²) in [7, 11) is 1.24. The van der Waals surface area contributed by atoms with E-state index in [0.717, 1.165) is 0 Å². The highest BCUT2D eigenvalue weighted by atomic mass is 35.5. The smallest absolute Gasteiger partial charge is 0.410 e. The number of carbonyl (C=O) groups is 3. The summed E-state index contributed by atoms with van der Waals surface area (Å²) in [5, 5.41) is 4.68. The van der Waals surface area contributed by atoms with Crippen molar-refractivity contribution >= 4 is 35.1 Å². The standard InChI is InChI=1S/C26H28ClFN4O5/c1-15-14-30(25(35)37-26(2,3)4)10-11-31(15)23(33)16-6-7-17(19(28)12-16)20-8-9-21-18(27)13-22(24(34)36-5)32(21)29-20/h6-9,12-13,15H,10-11,14H2,1-5H3. The third kappa shape index (κ3) is 5.39. The van der Waals surface area contributed by atoms with Gasteiger partial charge in [0.15, 0.2) is 5.69 Å². The molecular weight excluding hydrogens is 503 g/mol. The Bertz CT molecular complexity index is 1380. The van der Waals surface area contributed by atoms with E-state index < -0.39 is 23.5 Å². The van der Waals surface area contributed by atoms with Gasteiger partial charge in [0.25, 0.3) is 5.91 Å². The molecule has 3 aromatic rings. The van der Waals surface area contributed by atoms with Crippen molar-refractivity contribution in [2.24, 2.45) is 0 Å². The number of aromatic nitrogens is 2. The van der Waals surface area contributed by atoms with Crippen LogP contribution >= 0.6 is 11.6 Å². The van der Waals surface area contributed by atoms with Crippen molar-refractivity contribution in [1.29, 1.82) is 0 Å². The van der Waals surface area contributed by atoms with Gasteiger partial charge in [0, 0.05) is 36.8 Å². The van der Waals surface area contributed by atoms with Gasteiger partial charge in [-0.15, -0.1) is 0 Å². The quantitative estimate of drug-likeness (QED) is 0.457. The van der Waals surface area contributed by atoms with Gasteiger partial charge in [0.05, 0.1) is 23.3 Å². The first-order valence-corrected chi connectivity index (χ1v) is 12.1. The summed E-state index contributed by atoms with van der Waals surface area (Å²) in [4.78, 5) is 40.8. The van der Waals surface area contributed by atoms with Crippen molar-refractivity contribution < 1.29 is 28.2 Å². The van der Waals surface area contributed by atoms with E-state index in [1.54, 1.807) is 42.7 Å². The molecule has 1 saturated heterocycles. The van der Waals surface area contributed by atoms with Crippen LogP contribution in [0.15, 0.2) is 36.4 Å². The van der Waals surface area contributed by atoms with E-state index in [0.29, 0.717) is 30.2 Å². The van der Waals surface area contributed by atoms with Gasteiger partial charge in [-0.1, -0.05) is 11.6 Å². The van der Waals surface area contributed by atoms with E-state index in [-0.39, 0.29) is 34.5 Å². The number of hydrogen-bond donors (Lipinski definition) is 0. The van der Waals surface area contributed by atoms with Gasteiger partial charge in [-0.3, -0.25) is 4.79 Å². The van der Waals surface area contributed by atoms with Crippen molar-refractivity contribution in [3.8, 4) is 11.3 Å². The fraction of sp³-hybridized carbons (Fsp3) is 0.385. The monoisotopic (exact) mass is 530 g/mol. The number of hydrogen-bond acceptors (Lipinski definition) is 6. The fourth-order valence-corrected chi connectivity index (χ4v) is 4.46. The Balaban J connectivity index is 1.54. The molecule has 0 saturated carbocycles. The number of amides is 2. The van der Waals surface area contributed by atoms with Gasteiger partial charge in [-0.25, -0.2) is 18.5 Å². The van der Waals surface area contributed by atoms with Crippen LogP contribution in [0.1, 0.15) is 48.5 Å². The zero-order valence-electron chi connectivity index (χ0n) is 21.2. The molecule has 0 bridgehead atoms. The Morgan fingerprint density at radius 1 is 1.11 bits per heavy atom. The lowest BCUT2D eigenvalue weighted by Gasteiger charge is -2.40. The Morgan fingerprint density at radius 2 is 1.84 bits per heavy atom. The molecule has 37 heavy (non-hydrogen) atoms. The molecule has 1 aliphatic heterocycles. The molecule has 1 atom stereocenters. The van der Waals surface area contributed by atoms with E-state index in [2.05, 4.69) is 5.10 Å². The number of halogens is 2. The molecule has 4 rings (SSSR count). The zero-order valence-corrected chi connectivity index (χ0v) is 22.0. The Hall–Kier alpha value is -3.66. The molecule has 2 aromatic heterocycles. The molecule has 1 aromatic carbocycles. The molecule has 0 aliphatic carbocycles. The average molecular weight is 531 g/mol. The van der Waals surface area contributed by atoms with Crippen LogP contribution in [0.4, 0.5) is 9.18 Å². The summed E-state index contributed by atoms with van der Waals surface area (Å²) < 4.78 is 26.7. The lowest BCUT2D eigenvalue weighted by atomic mass is 10.1. The summed E-state index contributed by atoms with van der Waals surface area (Å²) in [6.07, 6.45) is -0.425. The summed E-state index contributed by atoms with van der Waals surface area (Å²) >= 11 is 6.19. The fourth-order valence-electron chi connectivity index (χ4n) is 4.21. The Kier molecular flexibility index (Phi) is 7.14. The summed E-state index contributed by atoms with van der Waals surface area (Å²) in [6, 6.07) is 8.53. The van der Waals surface area contributed by atoms with Crippen LogP contribution in [0.2, 0.25) is 5.02 Å². The van der Waals surface area contributed by atoms with Gasteiger partial charge in [-0.2, -0.15) is 5.10 Å². The van der Waals surface area contributed by atoms with E-state index in [1.165, 1.54) is 35.9 Å². The van der Waals surface area contributed by atoms with Crippen LogP contribution < -0.4 is 0 Å². The van der Waals surface area contributed by atoms with E-state index in [9.17, 15) is 14.4 Å². The normalized spacial score (nSPS) is 16.1. The third-order valence-corrected chi connectivity index (χ3v) is 6.30. The zero-order chi connectivity index (χ0) is 27.1. The van der Waals surface area contributed by atoms with Gasteiger partial charge < -0.3 is 19.3 Å². The van der Waals surface area contributed by atoms with E-state index in [1.807, 2.05) is 6.92 Å². The van der Waals surface area contributed by atoms with E-state index >= 15 is 4.39 Å². The number of fused-ring (bicyclic) bond motifs is 1. The second-order valence-corrected chi connectivity index (χ2v) is 10.3. The molecule has 0 spiro atoms. The number of carbonyl (C=O) groups excluding carboxylic acids is 3. The van der Waals surface area contributed by atoms with Gasteiger partial charge in [-0.05, 0) is 64.1 Å². The molecule has 1 fully saturated rings. The molecule has 2 amide bonds. The molecule has 0 radical (unpaired) electrons. The lowest BCUT2D eigenvalue weighted by molar-refractivity contribution is 0.00616. The van der Waals surface area contributed by atoms with Crippen LogP contribution in [0.3, 0.4) is 0 Å². The second kappa shape index (κ2) is 10.0. The molecular formula is C26H28ClFN4O5. The van der Waals surface area contributed by atoms with Crippen LogP contribution in [0.5, 0.6) is 0 Å². The molecule has 3 heterocycles. The maximum absolute atomic E-state index is 15.2. The van der Waals surface area contributed by atoms with Crippen molar-refractivity contribution in [2.45, 2.75) is 39.3 Å². The molecule has 9 nitrogen and oxygen atoms in total. The highest BCUT2D eigenvalue weighted by molar-refractivity contribution is 6.34. The topological polar surface area (TPSA) is 93.5 Å². The maximum Gasteiger partial charge on any atom is 0.410 e. The minimum Gasteiger partial charge on any atom is -0.464 e. The van der Waals surface area contributed by atoms with Crippen LogP contribution in [0.25, 0.3) is 16.8 Å². The van der Waals surface area contributed by atoms with Gasteiger partial charge in [0.1, 0.15) is 11.4 Å². The predicted octanol–water partition coefficient (Wildman–Crippen LogP) is 4.66. The first kappa shape index (κ1) is 26.4. The minimum absolute atomic E-state index is 0.107. The number of piperazine rings is 1. The van der Waals surface area contributed by atoms with Crippen molar-refractivity contribution in [1.82, 2.24) is 19.4 Å². The Morgan fingerprint density at radius 3 is 2.46 bits per heavy atom. The summed E-state index contributed by atoms with van der Waals surface area (Å²) in [5.74, 6) is -1.61. The molecule has 1 aliphatic rings. The predicted molar refractivity (Wildman–Crippen MR) is 135 cm³/mol. The van der Waals surface area contributed by atoms with Crippen molar-refractivity contribution in [3.05, 3.63) is 58.5 Å². The number of rotatable bonds is 3. The highest BCUT2D eigenvalue weighted by Gasteiger charge is 2.32. The number of nitrogens with zero attached hydrogens (tertiary/aromatic N) is 4. The summed E-state index contributed by atoms with van der Waals surface area (Å²) in [6.45, 7) is 8.15. The average Bonchev–Trinajstić information content (AvgIpc) is 3.17. The van der Waals surface area contributed by atoms with Gasteiger partial charge >= 0.3 is 12.1 Å². The van der Waals surface area contributed by atoms with Crippen LogP contribution in [-0.2, 0) is 9.47 Å². The molecule has 1 unspecified atom stereocenters. The number of methoxy groups -OCH3 is 1. The maximum atomic E-state index is 15.2. The third-order valence-electron chi connectivity index (χ3n) is 6.00. The summed E-state index contributed by atoms with van der Waals surface area (Å²) in [5.41, 5.74) is 0.552. The first-order chi connectivity index (χ1) is 17.4. The van der Waals surface area contributed by atoms with Gasteiger partial charge in [0.2, 0.25) is 0 Å². The molecule has 0 N–H and O–H groups in total. The SMILES string of the molecule is COC(=O)c1cc(Cl)c2ccc(-c3ccc(C(=O)N4CCN(C(=O)OC(C)(C)C)CC4C)cc3F)nn12. The lowest BCUT2D eigenvalue weighted by Crippen LogP contribution is -2.56. The molecule has 196 valence electrons. The van der Waals surface area contributed by atoms with E-state index in [4.69, 9.17) is 21.1 Å². The number of ether oxygens (including phenoxy) is 2. The first-order valence-electron chi connectivity index (χ1n) is 11.7. The van der Waals surface area contributed by atoms with Crippen molar-refractivity contribution in [2.75, 3.05) is 26.7 Å². The Labute approximate surface area is 218 Å². The number of benzene rings is 1. The van der Waals surface area contributed by atoms with Crippen molar-refractivity contribution in [3.63, 3.8) is 0 Å².